The average Bonchev–Trinajstić information content (AvgIpc) is 2.93. The van der Waals surface area contributed by atoms with Crippen molar-refractivity contribution in [3.63, 3.8) is 0 Å². The van der Waals surface area contributed by atoms with Gasteiger partial charge in [-0.3, -0.25) is 0 Å². The van der Waals surface area contributed by atoms with Crippen LogP contribution in [0.4, 0.5) is 0 Å². The summed E-state index contributed by atoms with van der Waals surface area (Å²) in [6, 6.07) is 4.73. The Kier molecular flexibility index (Phi) is 3.10. The second-order valence-electron chi connectivity index (χ2n) is 5.11. The second kappa shape index (κ2) is 4.75. The maximum atomic E-state index is 3.42. The van der Waals surface area contributed by atoms with E-state index in [9.17, 15) is 0 Å². The van der Waals surface area contributed by atoms with E-state index in [1.54, 1.807) is 0 Å². The van der Waals surface area contributed by atoms with Gasteiger partial charge in [0.1, 0.15) is 0 Å². The van der Waals surface area contributed by atoms with Gasteiger partial charge in [-0.25, -0.2) is 0 Å². The van der Waals surface area contributed by atoms with Gasteiger partial charge in [0.2, 0.25) is 0 Å². The van der Waals surface area contributed by atoms with Crippen LogP contribution in [-0.2, 0) is 26.6 Å². The van der Waals surface area contributed by atoms with Crippen LogP contribution in [0.25, 0.3) is 10.9 Å². The smallest absolute Gasteiger partial charge is 0.0484 e. The molecule has 0 aliphatic carbocycles. The van der Waals surface area contributed by atoms with E-state index in [0.29, 0.717) is 0 Å². The molecular weight excluding hydrogens is 222 g/mol. The predicted molar refractivity (Wildman–Crippen MR) is 75.7 cm³/mol. The molecule has 0 saturated carbocycles. The molecule has 0 unspecified atom stereocenters. The molecule has 1 aliphatic heterocycles. The number of hydrogen-bond donors (Lipinski definition) is 2. The van der Waals surface area contributed by atoms with Crippen LogP contribution in [0.3, 0.4) is 0 Å². The Hall–Kier alpha value is -1.32. The van der Waals surface area contributed by atoms with E-state index >= 15 is 0 Å². The fraction of sp³-hybridized carbons (Fsp3) is 0.467. The number of aromatic nitrogens is 1. The molecule has 3 rings (SSSR count). The van der Waals surface area contributed by atoms with Crippen LogP contribution in [0.2, 0.25) is 0 Å². The first-order chi connectivity index (χ1) is 8.79. The van der Waals surface area contributed by atoms with Crippen molar-refractivity contribution in [2.24, 2.45) is 7.05 Å². The summed E-state index contributed by atoms with van der Waals surface area (Å²) in [5.41, 5.74) is 5.76. The highest BCUT2D eigenvalue weighted by atomic mass is 14.9. The summed E-state index contributed by atoms with van der Waals surface area (Å²) in [7, 11) is 2.15. The summed E-state index contributed by atoms with van der Waals surface area (Å²) in [5, 5.41) is 8.25. The Morgan fingerprint density at radius 3 is 2.83 bits per heavy atom. The van der Waals surface area contributed by atoms with Crippen molar-refractivity contribution in [1.29, 1.82) is 0 Å². The zero-order chi connectivity index (χ0) is 12.5. The average molecular weight is 243 g/mol. The highest BCUT2D eigenvalue weighted by Gasteiger charge is 2.14. The van der Waals surface area contributed by atoms with Crippen molar-refractivity contribution in [3.05, 3.63) is 35.0 Å². The summed E-state index contributed by atoms with van der Waals surface area (Å²) in [6.07, 6.45) is 3.39. The first-order valence-electron chi connectivity index (χ1n) is 6.80. The summed E-state index contributed by atoms with van der Waals surface area (Å²) in [6.45, 7) is 6.30. The molecule has 0 bridgehead atoms. The molecule has 3 heteroatoms. The molecule has 18 heavy (non-hydrogen) atoms. The van der Waals surface area contributed by atoms with E-state index in [1.165, 1.54) is 27.6 Å². The molecular formula is C15H21N3. The van der Waals surface area contributed by atoms with Crippen LogP contribution >= 0.6 is 0 Å². The maximum Gasteiger partial charge on any atom is 0.0484 e. The normalized spacial score (nSPS) is 14.3. The molecule has 0 radical (unpaired) electrons. The van der Waals surface area contributed by atoms with Crippen LogP contribution in [0.5, 0.6) is 0 Å². The summed E-state index contributed by atoms with van der Waals surface area (Å²) in [5.74, 6) is 0. The maximum absolute atomic E-state index is 3.42. The Morgan fingerprint density at radius 2 is 2.06 bits per heavy atom. The minimum atomic E-state index is 1.02. The van der Waals surface area contributed by atoms with Gasteiger partial charge in [-0.1, -0.05) is 6.92 Å². The van der Waals surface area contributed by atoms with E-state index in [1.807, 2.05) is 0 Å². The van der Waals surface area contributed by atoms with E-state index in [4.69, 9.17) is 0 Å². The van der Waals surface area contributed by atoms with E-state index in [2.05, 4.69) is 47.5 Å². The van der Waals surface area contributed by atoms with Crippen LogP contribution < -0.4 is 10.6 Å². The van der Waals surface area contributed by atoms with Crippen molar-refractivity contribution in [2.75, 3.05) is 13.1 Å². The van der Waals surface area contributed by atoms with Crippen LogP contribution in [0.1, 0.15) is 23.6 Å². The monoisotopic (exact) mass is 243 g/mol. The third kappa shape index (κ3) is 1.93. The molecule has 0 atom stereocenters. The SMILES string of the molecule is CCNCCc1cn(C)c2cc3c(cc12)CNC3. The highest BCUT2D eigenvalue weighted by Crippen LogP contribution is 2.27. The molecule has 2 aromatic rings. The van der Waals surface area contributed by atoms with Crippen LogP contribution in [0, 0.1) is 0 Å². The van der Waals surface area contributed by atoms with E-state index < -0.39 is 0 Å². The van der Waals surface area contributed by atoms with E-state index in [0.717, 1.165) is 32.6 Å². The topological polar surface area (TPSA) is 29.0 Å². The molecule has 1 aromatic heterocycles. The molecule has 0 amide bonds. The first-order valence-corrected chi connectivity index (χ1v) is 6.80. The zero-order valence-electron chi connectivity index (χ0n) is 11.2. The number of likely N-dealkylation sites (N-methyl/N-ethyl adjacent to an activating group) is 1. The van der Waals surface area contributed by atoms with Crippen LogP contribution in [-0.4, -0.2) is 17.7 Å². The number of nitrogens with zero attached hydrogens (tertiary/aromatic N) is 1. The standard InChI is InChI=1S/C15H21N3/c1-3-16-5-4-11-10-18(2)15-7-13-9-17-8-12(13)6-14(11)15/h6-7,10,16-17H,3-5,8-9H2,1-2H3. The predicted octanol–water partition coefficient (Wildman–Crippen LogP) is 1.93. The van der Waals surface area contributed by atoms with Gasteiger partial charge >= 0.3 is 0 Å². The molecule has 1 aromatic carbocycles. The largest absolute Gasteiger partial charge is 0.350 e. The Morgan fingerprint density at radius 1 is 1.28 bits per heavy atom. The minimum Gasteiger partial charge on any atom is -0.350 e. The number of aryl methyl sites for hydroxylation is 1. The number of hydrogen-bond acceptors (Lipinski definition) is 2. The lowest BCUT2D eigenvalue weighted by molar-refractivity contribution is 0.717. The molecule has 2 N–H and O–H groups in total. The van der Waals surface area contributed by atoms with Gasteiger partial charge in [0.25, 0.3) is 0 Å². The van der Waals surface area contributed by atoms with Gasteiger partial charge in [-0.05, 0) is 48.3 Å². The molecule has 0 saturated heterocycles. The van der Waals surface area contributed by atoms with Crippen LogP contribution in [0.15, 0.2) is 18.3 Å². The zero-order valence-corrected chi connectivity index (χ0v) is 11.2. The van der Waals surface area contributed by atoms with Crippen molar-refractivity contribution >= 4 is 10.9 Å². The lowest BCUT2D eigenvalue weighted by Crippen LogP contribution is -2.15. The number of fused-ring (bicyclic) bond motifs is 2. The molecule has 0 spiro atoms. The Bertz CT molecular complexity index is 569. The summed E-state index contributed by atoms with van der Waals surface area (Å²) < 4.78 is 2.26. The summed E-state index contributed by atoms with van der Waals surface area (Å²) in [4.78, 5) is 0. The van der Waals surface area contributed by atoms with Gasteiger partial charge in [0, 0.05) is 37.2 Å². The lowest BCUT2D eigenvalue weighted by atomic mass is 10.0. The van der Waals surface area contributed by atoms with Crippen molar-refractivity contribution in [1.82, 2.24) is 15.2 Å². The first kappa shape index (κ1) is 11.8. The Balaban J connectivity index is 1.99. The van der Waals surface area contributed by atoms with Gasteiger partial charge in [0.15, 0.2) is 0 Å². The molecule has 1 aliphatic rings. The molecule has 2 heterocycles. The second-order valence-corrected chi connectivity index (χ2v) is 5.11. The van der Waals surface area contributed by atoms with Gasteiger partial charge in [-0.15, -0.1) is 0 Å². The molecule has 96 valence electrons. The highest BCUT2D eigenvalue weighted by molar-refractivity contribution is 5.85. The van der Waals surface area contributed by atoms with Gasteiger partial charge in [0.05, 0.1) is 0 Å². The van der Waals surface area contributed by atoms with Crippen molar-refractivity contribution in [2.45, 2.75) is 26.4 Å². The number of benzene rings is 1. The fourth-order valence-corrected chi connectivity index (χ4v) is 2.86. The third-order valence-electron chi connectivity index (χ3n) is 3.85. The lowest BCUT2D eigenvalue weighted by Gasteiger charge is -2.03. The van der Waals surface area contributed by atoms with Crippen molar-refractivity contribution in [3.8, 4) is 0 Å². The summed E-state index contributed by atoms with van der Waals surface area (Å²) >= 11 is 0. The van der Waals surface area contributed by atoms with Gasteiger partial charge in [-0.2, -0.15) is 0 Å². The Labute approximate surface area is 108 Å². The van der Waals surface area contributed by atoms with Crippen molar-refractivity contribution < 1.29 is 0 Å². The third-order valence-corrected chi connectivity index (χ3v) is 3.85. The number of nitrogens with one attached hydrogen (secondary N) is 2. The minimum absolute atomic E-state index is 1.02. The fourth-order valence-electron chi connectivity index (χ4n) is 2.86. The molecule has 3 nitrogen and oxygen atoms in total. The quantitative estimate of drug-likeness (QED) is 0.804. The van der Waals surface area contributed by atoms with E-state index in [-0.39, 0.29) is 0 Å². The number of rotatable bonds is 4. The molecule has 0 fully saturated rings. The van der Waals surface area contributed by atoms with Gasteiger partial charge < -0.3 is 15.2 Å².